The van der Waals surface area contributed by atoms with Crippen molar-refractivity contribution in [2.45, 2.75) is 0 Å². The first kappa shape index (κ1) is 13.2. The van der Waals surface area contributed by atoms with Crippen molar-refractivity contribution in [1.29, 1.82) is 0 Å². The lowest BCUT2D eigenvalue weighted by Gasteiger charge is -2.06. The molecule has 0 aliphatic rings. The van der Waals surface area contributed by atoms with E-state index in [9.17, 15) is 14.0 Å². The summed E-state index contributed by atoms with van der Waals surface area (Å²) in [5.41, 5.74) is 0.341. The van der Waals surface area contributed by atoms with Crippen LogP contribution in [0.3, 0.4) is 0 Å². The Hall–Kier alpha value is -1.82. The number of hydrogen-bond acceptors (Lipinski definition) is 3. The number of methoxy groups -OCH3 is 1. The van der Waals surface area contributed by atoms with Crippen LogP contribution in [0.4, 0.5) is 14.9 Å². The van der Waals surface area contributed by atoms with Crippen molar-refractivity contribution in [3.8, 4) is 0 Å². The Morgan fingerprint density at radius 1 is 1.47 bits per heavy atom. The minimum atomic E-state index is -0.711. The number of carbonyl (C=O) groups is 2. The predicted octanol–water partition coefficient (Wildman–Crippen LogP) is 1.77. The van der Waals surface area contributed by atoms with Crippen molar-refractivity contribution in [3.63, 3.8) is 0 Å². The summed E-state index contributed by atoms with van der Waals surface area (Å²) >= 11 is 5.53. The molecule has 0 bridgehead atoms. The molecule has 1 aromatic carbocycles. The topological polar surface area (TPSA) is 67.4 Å². The van der Waals surface area contributed by atoms with Crippen molar-refractivity contribution in [2.24, 2.45) is 0 Å². The van der Waals surface area contributed by atoms with Gasteiger partial charge in [0, 0.05) is 5.69 Å². The number of anilines is 1. The third kappa shape index (κ3) is 4.28. The second-order valence-corrected chi connectivity index (χ2v) is 3.43. The summed E-state index contributed by atoms with van der Waals surface area (Å²) in [6.07, 6.45) is -0.711. The van der Waals surface area contributed by atoms with Crippen LogP contribution in [0.15, 0.2) is 18.2 Å². The molecular formula is C10H10ClFN2O3. The fourth-order valence-corrected chi connectivity index (χ4v) is 1.18. The highest BCUT2D eigenvalue weighted by molar-refractivity contribution is 6.31. The van der Waals surface area contributed by atoms with Gasteiger partial charge in [-0.1, -0.05) is 11.6 Å². The van der Waals surface area contributed by atoms with Gasteiger partial charge in [-0.2, -0.15) is 0 Å². The number of amides is 2. The number of nitrogens with one attached hydrogen (secondary N) is 2. The molecule has 1 aromatic rings. The number of alkyl carbamates (subject to hydrolysis) is 1. The Balaban J connectivity index is 2.50. The van der Waals surface area contributed by atoms with Crippen LogP contribution in [0.2, 0.25) is 5.02 Å². The van der Waals surface area contributed by atoms with E-state index in [0.29, 0.717) is 5.69 Å². The zero-order valence-corrected chi connectivity index (χ0v) is 9.68. The van der Waals surface area contributed by atoms with Gasteiger partial charge in [-0.15, -0.1) is 0 Å². The standard InChI is InChI=1S/C10H10ClFN2O3/c1-17-10(16)13-5-9(15)14-6-2-3-8(12)7(11)4-6/h2-4H,5H2,1H3,(H,13,16)(H,14,15). The van der Waals surface area contributed by atoms with Crippen LogP contribution in [-0.2, 0) is 9.53 Å². The molecule has 0 aliphatic heterocycles. The van der Waals surface area contributed by atoms with E-state index in [2.05, 4.69) is 15.4 Å². The van der Waals surface area contributed by atoms with E-state index < -0.39 is 17.8 Å². The van der Waals surface area contributed by atoms with E-state index >= 15 is 0 Å². The Kier molecular flexibility index (Phi) is 4.71. The van der Waals surface area contributed by atoms with Gasteiger partial charge in [-0.25, -0.2) is 9.18 Å². The van der Waals surface area contributed by atoms with Crippen LogP contribution < -0.4 is 10.6 Å². The average molecular weight is 261 g/mol. The third-order valence-electron chi connectivity index (χ3n) is 1.78. The van der Waals surface area contributed by atoms with Gasteiger partial charge in [0.1, 0.15) is 12.4 Å². The van der Waals surface area contributed by atoms with Crippen LogP contribution in [0, 0.1) is 5.82 Å². The summed E-state index contributed by atoms with van der Waals surface area (Å²) < 4.78 is 17.1. The minimum absolute atomic E-state index is 0.0938. The van der Waals surface area contributed by atoms with Gasteiger partial charge in [0.15, 0.2) is 0 Å². The van der Waals surface area contributed by atoms with Crippen LogP contribution >= 0.6 is 11.6 Å². The van der Waals surface area contributed by atoms with Crippen LogP contribution in [0.5, 0.6) is 0 Å². The van der Waals surface area contributed by atoms with Crippen molar-refractivity contribution < 1.29 is 18.7 Å². The minimum Gasteiger partial charge on any atom is -0.453 e. The zero-order valence-electron chi connectivity index (χ0n) is 8.92. The van der Waals surface area contributed by atoms with Gasteiger partial charge in [0.25, 0.3) is 0 Å². The number of benzene rings is 1. The first-order valence-electron chi connectivity index (χ1n) is 4.59. The number of carbonyl (C=O) groups excluding carboxylic acids is 2. The van der Waals surface area contributed by atoms with E-state index in [4.69, 9.17) is 11.6 Å². The lowest BCUT2D eigenvalue weighted by molar-refractivity contribution is -0.115. The summed E-state index contributed by atoms with van der Waals surface area (Å²) in [5, 5.41) is 4.53. The predicted molar refractivity (Wildman–Crippen MR) is 60.4 cm³/mol. The van der Waals surface area contributed by atoms with Crippen LogP contribution in [0.1, 0.15) is 0 Å². The smallest absolute Gasteiger partial charge is 0.407 e. The molecule has 0 unspecified atom stereocenters. The number of rotatable bonds is 3. The Labute approximate surface area is 102 Å². The van der Waals surface area contributed by atoms with Gasteiger partial charge in [0.05, 0.1) is 12.1 Å². The van der Waals surface area contributed by atoms with E-state index in [1.807, 2.05) is 0 Å². The van der Waals surface area contributed by atoms with Crippen LogP contribution in [0.25, 0.3) is 0 Å². The van der Waals surface area contributed by atoms with Crippen molar-refractivity contribution >= 4 is 29.3 Å². The molecule has 0 fully saturated rings. The number of hydrogen-bond donors (Lipinski definition) is 2. The summed E-state index contributed by atoms with van der Waals surface area (Å²) in [4.78, 5) is 22.0. The van der Waals surface area contributed by atoms with E-state index in [1.165, 1.54) is 19.2 Å². The monoisotopic (exact) mass is 260 g/mol. The lowest BCUT2D eigenvalue weighted by atomic mass is 10.3. The molecular weight excluding hydrogens is 251 g/mol. The number of ether oxygens (including phenoxy) is 1. The van der Waals surface area contributed by atoms with Gasteiger partial charge in [0.2, 0.25) is 5.91 Å². The Morgan fingerprint density at radius 2 is 2.18 bits per heavy atom. The second kappa shape index (κ2) is 6.05. The fraction of sp³-hybridized carbons (Fsp3) is 0.200. The highest BCUT2D eigenvalue weighted by atomic mass is 35.5. The first-order chi connectivity index (χ1) is 8.02. The van der Waals surface area contributed by atoms with Gasteiger partial charge in [-0.3, -0.25) is 4.79 Å². The molecule has 0 aromatic heterocycles. The number of halogens is 2. The lowest BCUT2D eigenvalue weighted by Crippen LogP contribution is -2.32. The molecule has 2 N–H and O–H groups in total. The normalized spacial score (nSPS) is 9.59. The highest BCUT2D eigenvalue weighted by Gasteiger charge is 2.06. The summed E-state index contributed by atoms with van der Waals surface area (Å²) in [6, 6.07) is 3.76. The molecule has 0 radical (unpaired) electrons. The molecule has 0 saturated heterocycles. The van der Waals surface area contributed by atoms with Gasteiger partial charge < -0.3 is 15.4 Å². The first-order valence-corrected chi connectivity index (χ1v) is 4.97. The SMILES string of the molecule is COC(=O)NCC(=O)Nc1ccc(F)c(Cl)c1. The molecule has 5 nitrogen and oxygen atoms in total. The molecule has 0 atom stereocenters. The van der Waals surface area contributed by atoms with Crippen LogP contribution in [-0.4, -0.2) is 25.7 Å². The summed E-state index contributed by atoms with van der Waals surface area (Å²) in [5.74, 6) is -1.05. The molecule has 0 aliphatic carbocycles. The molecule has 7 heteroatoms. The van der Waals surface area contributed by atoms with Crippen molar-refractivity contribution in [2.75, 3.05) is 19.0 Å². The molecule has 0 spiro atoms. The van der Waals surface area contributed by atoms with Gasteiger partial charge in [-0.05, 0) is 18.2 Å². The van der Waals surface area contributed by atoms with Crippen molar-refractivity contribution in [3.05, 3.63) is 29.0 Å². The maximum atomic E-state index is 12.8. The van der Waals surface area contributed by atoms with E-state index in [-0.39, 0.29) is 11.6 Å². The quantitative estimate of drug-likeness (QED) is 0.870. The molecule has 0 heterocycles. The molecule has 0 saturated carbocycles. The summed E-state index contributed by atoms with van der Waals surface area (Å²) in [7, 11) is 1.19. The fourth-order valence-electron chi connectivity index (χ4n) is 1.00. The summed E-state index contributed by atoms with van der Waals surface area (Å²) in [6.45, 7) is -0.248. The Morgan fingerprint density at radius 3 is 2.76 bits per heavy atom. The highest BCUT2D eigenvalue weighted by Crippen LogP contribution is 2.19. The van der Waals surface area contributed by atoms with E-state index in [1.54, 1.807) is 0 Å². The zero-order chi connectivity index (χ0) is 12.8. The second-order valence-electron chi connectivity index (χ2n) is 3.02. The molecule has 17 heavy (non-hydrogen) atoms. The third-order valence-corrected chi connectivity index (χ3v) is 2.07. The van der Waals surface area contributed by atoms with Crippen molar-refractivity contribution in [1.82, 2.24) is 5.32 Å². The molecule has 92 valence electrons. The Bertz CT molecular complexity index is 440. The maximum absolute atomic E-state index is 12.8. The maximum Gasteiger partial charge on any atom is 0.407 e. The molecule has 2 amide bonds. The molecule has 1 rings (SSSR count). The average Bonchev–Trinajstić information content (AvgIpc) is 2.31. The van der Waals surface area contributed by atoms with E-state index in [0.717, 1.165) is 6.07 Å². The van der Waals surface area contributed by atoms with Gasteiger partial charge >= 0.3 is 6.09 Å². The largest absolute Gasteiger partial charge is 0.453 e.